The van der Waals surface area contributed by atoms with Gasteiger partial charge in [-0.05, 0) is 44.4 Å². The third-order valence-electron chi connectivity index (χ3n) is 6.71. The van der Waals surface area contributed by atoms with Crippen molar-refractivity contribution in [3.8, 4) is 29.4 Å². The van der Waals surface area contributed by atoms with Crippen molar-refractivity contribution in [3.63, 3.8) is 0 Å². The second-order valence-corrected chi connectivity index (χ2v) is 10.6. The van der Waals surface area contributed by atoms with Gasteiger partial charge in [0.1, 0.15) is 17.0 Å². The number of piperazine rings is 1. The van der Waals surface area contributed by atoms with Crippen LogP contribution in [-0.4, -0.2) is 66.6 Å². The summed E-state index contributed by atoms with van der Waals surface area (Å²) in [7, 11) is 1.53. The van der Waals surface area contributed by atoms with E-state index in [-0.39, 0.29) is 18.6 Å². The van der Waals surface area contributed by atoms with Gasteiger partial charge in [-0.1, -0.05) is 18.1 Å². The lowest BCUT2D eigenvalue weighted by Gasteiger charge is -2.37. The number of methoxy groups -OCH3 is 1. The number of rotatable bonds is 5. The Balaban J connectivity index is 1.52. The molecule has 1 amide bonds. The smallest absolute Gasteiger partial charge is 0.410 e. The van der Waals surface area contributed by atoms with E-state index in [1.165, 1.54) is 13.3 Å². The molecule has 1 aliphatic rings. The Morgan fingerprint density at radius 1 is 1.10 bits per heavy atom. The minimum atomic E-state index is -0.559. The van der Waals surface area contributed by atoms with Gasteiger partial charge in [-0.3, -0.25) is 9.97 Å². The van der Waals surface area contributed by atoms with Crippen molar-refractivity contribution in [1.82, 2.24) is 14.9 Å². The molecule has 2 aromatic heterocycles. The first-order valence-electron chi connectivity index (χ1n) is 13.0. The molecular weight excluding hydrogens is 511 g/mol. The molecule has 0 aliphatic carbocycles. The average Bonchev–Trinajstić information content (AvgIpc) is 2.94. The zero-order valence-corrected chi connectivity index (χ0v) is 23.0. The average molecular weight is 543 g/mol. The third-order valence-corrected chi connectivity index (χ3v) is 6.71. The minimum absolute atomic E-state index is 0.0435. The molecule has 1 fully saturated rings. The molecule has 4 aromatic rings. The zero-order valence-electron chi connectivity index (χ0n) is 23.0. The fourth-order valence-corrected chi connectivity index (χ4v) is 4.90. The van der Waals surface area contributed by atoms with E-state index in [1.54, 1.807) is 23.4 Å². The van der Waals surface area contributed by atoms with E-state index in [1.807, 2.05) is 45.0 Å². The molecule has 0 radical (unpaired) electrons. The monoisotopic (exact) mass is 542 g/mol. The molecule has 1 aliphatic heterocycles. The number of pyridine rings is 2. The SMILES string of the molecule is C#Cc1cccc2cc(OCOC)cc(-c3ncc4c(N5CCN(C(=O)OC(C)(C)C)CC5)cncc4c3F)c12. The molecule has 5 rings (SSSR count). The molecule has 9 heteroatoms. The molecule has 0 N–H and O–H groups in total. The highest BCUT2D eigenvalue weighted by Crippen LogP contribution is 2.38. The van der Waals surface area contributed by atoms with Gasteiger partial charge in [-0.2, -0.15) is 0 Å². The van der Waals surface area contributed by atoms with E-state index in [4.69, 9.17) is 20.6 Å². The highest BCUT2D eigenvalue weighted by Gasteiger charge is 2.27. The second-order valence-electron chi connectivity index (χ2n) is 10.6. The fraction of sp³-hybridized carbons (Fsp3) is 0.323. The van der Waals surface area contributed by atoms with Gasteiger partial charge < -0.3 is 24.0 Å². The fourth-order valence-electron chi connectivity index (χ4n) is 4.90. The highest BCUT2D eigenvalue weighted by molar-refractivity contribution is 6.03. The van der Waals surface area contributed by atoms with Crippen molar-refractivity contribution in [2.45, 2.75) is 26.4 Å². The number of aromatic nitrogens is 2. The van der Waals surface area contributed by atoms with Crippen LogP contribution in [0.5, 0.6) is 5.75 Å². The van der Waals surface area contributed by atoms with Gasteiger partial charge in [0.15, 0.2) is 12.6 Å². The van der Waals surface area contributed by atoms with Crippen LogP contribution in [0.3, 0.4) is 0 Å². The Morgan fingerprint density at radius 3 is 2.58 bits per heavy atom. The maximum Gasteiger partial charge on any atom is 0.410 e. The maximum absolute atomic E-state index is 16.3. The number of amides is 1. The number of anilines is 1. The van der Waals surface area contributed by atoms with Crippen molar-refractivity contribution < 1.29 is 23.4 Å². The number of fused-ring (bicyclic) bond motifs is 2. The van der Waals surface area contributed by atoms with Gasteiger partial charge in [-0.25, -0.2) is 9.18 Å². The number of hydrogen-bond acceptors (Lipinski definition) is 7. The minimum Gasteiger partial charge on any atom is -0.468 e. The van der Waals surface area contributed by atoms with E-state index in [0.29, 0.717) is 59.2 Å². The predicted octanol–water partition coefficient (Wildman–Crippen LogP) is 5.61. The van der Waals surface area contributed by atoms with Crippen LogP contribution in [0.25, 0.3) is 32.8 Å². The molecule has 0 unspecified atom stereocenters. The Hall–Kier alpha value is -4.42. The zero-order chi connectivity index (χ0) is 28.4. The van der Waals surface area contributed by atoms with E-state index >= 15 is 4.39 Å². The summed E-state index contributed by atoms with van der Waals surface area (Å²) in [6, 6.07) is 9.14. The molecule has 2 aromatic carbocycles. The van der Waals surface area contributed by atoms with E-state index in [2.05, 4.69) is 20.8 Å². The molecule has 3 heterocycles. The highest BCUT2D eigenvalue weighted by atomic mass is 19.1. The predicted molar refractivity (Wildman–Crippen MR) is 153 cm³/mol. The molecule has 0 saturated carbocycles. The summed E-state index contributed by atoms with van der Waals surface area (Å²) in [5.41, 5.74) is 1.49. The van der Waals surface area contributed by atoms with Crippen molar-refractivity contribution in [1.29, 1.82) is 0 Å². The standard InChI is InChI=1S/C31H31FN4O4/c1-6-20-8-7-9-21-14-22(39-19-38-5)15-23(27(20)21)29-28(32)25-16-33-18-26(24(25)17-34-29)35-10-12-36(13-11-35)30(37)40-31(2,3)4/h1,7-9,14-18H,10-13,19H2,2-5H3. The van der Waals surface area contributed by atoms with Crippen molar-refractivity contribution in [2.75, 3.05) is 45.0 Å². The van der Waals surface area contributed by atoms with Crippen LogP contribution >= 0.6 is 0 Å². The number of benzene rings is 2. The van der Waals surface area contributed by atoms with E-state index < -0.39 is 11.4 Å². The molecule has 40 heavy (non-hydrogen) atoms. The van der Waals surface area contributed by atoms with E-state index in [9.17, 15) is 4.79 Å². The first kappa shape index (κ1) is 27.2. The Bertz CT molecular complexity index is 1620. The second kappa shape index (κ2) is 11.0. The van der Waals surface area contributed by atoms with Crippen LogP contribution in [0.15, 0.2) is 48.9 Å². The number of nitrogens with zero attached hydrogens (tertiary/aromatic N) is 4. The van der Waals surface area contributed by atoms with Gasteiger partial charge in [0.2, 0.25) is 0 Å². The van der Waals surface area contributed by atoms with Crippen LogP contribution in [0, 0.1) is 18.2 Å². The first-order chi connectivity index (χ1) is 19.2. The summed E-state index contributed by atoms with van der Waals surface area (Å²) in [6.45, 7) is 7.65. The van der Waals surface area contributed by atoms with Gasteiger partial charge in [0, 0.05) is 73.0 Å². The summed E-state index contributed by atoms with van der Waals surface area (Å²) >= 11 is 0. The Labute approximate surface area is 232 Å². The maximum atomic E-state index is 16.3. The summed E-state index contributed by atoms with van der Waals surface area (Å²) in [5, 5.41) is 2.49. The van der Waals surface area contributed by atoms with Gasteiger partial charge in [0.05, 0.1) is 11.9 Å². The van der Waals surface area contributed by atoms with Crippen molar-refractivity contribution >= 4 is 33.3 Å². The summed E-state index contributed by atoms with van der Waals surface area (Å²) < 4.78 is 32.5. The molecule has 0 spiro atoms. The molecule has 0 atom stereocenters. The van der Waals surface area contributed by atoms with Crippen LogP contribution < -0.4 is 9.64 Å². The Kier molecular flexibility index (Phi) is 7.46. The normalized spacial score (nSPS) is 13.9. The molecule has 0 bridgehead atoms. The summed E-state index contributed by atoms with van der Waals surface area (Å²) in [6.07, 6.45) is 10.3. The number of terminal acetylenes is 1. The van der Waals surface area contributed by atoms with Crippen molar-refractivity contribution in [2.24, 2.45) is 0 Å². The van der Waals surface area contributed by atoms with Crippen molar-refractivity contribution in [3.05, 3.63) is 60.3 Å². The lowest BCUT2D eigenvalue weighted by atomic mass is 9.95. The molecular formula is C31H31FN4O4. The molecule has 1 saturated heterocycles. The van der Waals surface area contributed by atoms with E-state index in [0.717, 1.165) is 11.1 Å². The summed E-state index contributed by atoms with van der Waals surface area (Å²) in [5.74, 6) is 2.71. The van der Waals surface area contributed by atoms with Crippen LogP contribution in [0.4, 0.5) is 14.9 Å². The quantitative estimate of drug-likeness (QED) is 0.240. The third kappa shape index (κ3) is 5.36. The lowest BCUT2D eigenvalue weighted by Crippen LogP contribution is -2.50. The van der Waals surface area contributed by atoms with Crippen LogP contribution in [0.2, 0.25) is 0 Å². The first-order valence-corrected chi connectivity index (χ1v) is 13.0. The van der Waals surface area contributed by atoms with Gasteiger partial charge >= 0.3 is 6.09 Å². The number of carbonyl (C=O) groups is 1. The number of halogens is 1. The number of carbonyl (C=O) groups excluding carboxylic acids is 1. The summed E-state index contributed by atoms with van der Waals surface area (Å²) in [4.78, 5) is 25.2. The number of hydrogen-bond donors (Lipinski definition) is 0. The lowest BCUT2D eigenvalue weighted by molar-refractivity contribution is 0.0240. The van der Waals surface area contributed by atoms with Gasteiger partial charge in [0.25, 0.3) is 0 Å². The van der Waals surface area contributed by atoms with Crippen LogP contribution in [0.1, 0.15) is 26.3 Å². The molecule has 8 nitrogen and oxygen atoms in total. The Morgan fingerprint density at radius 2 is 1.88 bits per heavy atom. The largest absolute Gasteiger partial charge is 0.468 e. The molecule has 206 valence electrons. The topological polar surface area (TPSA) is 77.0 Å². The van der Waals surface area contributed by atoms with Crippen LogP contribution in [-0.2, 0) is 9.47 Å². The number of ether oxygens (including phenoxy) is 3. The van der Waals surface area contributed by atoms with Gasteiger partial charge in [-0.15, -0.1) is 6.42 Å².